The van der Waals surface area contributed by atoms with E-state index in [1.54, 1.807) is 23.5 Å². The molecular formula is C12H20N2S2. The minimum absolute atomic E-state index is 0.402. The van der Waals surface area contributed by atoms with E-state index < -0.39 is 0 Å². The van der Waals surface area contributed by atoms with Crippen LogP contribution in [0, 0.1) is 0 Å². The van der Waals surface area contributed by atoms with Crippen LogP contribution in [0.3, 0.4) is 0 Å². The van der Waals surface area contributed by atoms with E-state index in [1.165, 1.54) is 11.1 Å². The second-order valence-electron chi connectivity index (χ2n) is 3.59. The molecule has 16 heavy (non-hydrogen) atoms. The van der Waals surface area contributed by atoms with Gasteiger partial charge in [-0.15, -0.1) is 0 Å². The summed E-state index contributed by atoms with van der Waals surface area (Å²) in [6.07, 6.45) is 4.19. The Labute approximate surface area is 107 Å². The van der Waals surface area contributed by atoms with Gasteiger partial charge in [0.05, 0.1) is 0 Å². The molecule has 0 aromatic heterocycles. The van der Waals surface area contributed by atoms with Gasteiger partial charge in [0.1, 0.15) is 0 Å². The van der Waals surface area contributed by atoms with Gasteiger partial charge in [0.15, 0.2) is 0 Å². The quantitative estimate of drug-likeness (QED) is 0.821. The third-order valence-electron chi connectivity index (χ3n) is 2.68. The lowest BCUT2D eigenvalue weighted by Gasteiger charge is -2.15. The second-order valence-corrected chi connectivity index (χ2v) is 5.67. The first-order valence-corrected chi connectivity index (χ1v) is 7.90. The van der Waals surface area contributed by atoms with Crippen LogP contribution in [-0.2, 0) is 0 Å². The van der Waals surface area contributed by atoms with Crippen molar-refractivity contribution in [1.29, 1.82) is 0 Å². The normalized spacial score (nSPS) is 14.8. The Bertz CT molecular complexity index is 261. The molecular weight excluding hydrogens is 236 g/mol. The van der Waals surface area contributed by atoms with Crippen molar-refractivity contribution in [3.8, 4) is 0 Å². The van der Waals surface area contributed by atoms with E-state index in [-0.39, 0.29) is 0 Å². The van der Waals surface area contributed by atoms with Crippen molar-refractivity contribution in [2.24, 2.45) is 11.5 Å². The van der Waals surface area contributed by atoms with Crippen molar-refractivity contribution >= 4 is 23.5 Å². The maximum absolute atomic E-state index is 5.72. The summed E-state index contributed by atoms with van der Waals surface area (Å²) in [6.45, 7) is 1.37. The minimum atomic E-state index is 0.402. The Kier molecular flexibility index (Phi) is 6.28. The highest BCUT2D eigenvalue weighted by Crippen LogP contribution is 2.29. The molecule has 0 aliphatic rings. The first-order valence-electron chi connectivity index (χ1n) is 5.32. The number of rotatable bonds is 6. The zero-order valence-corrected chi connectivity index (χ0v) is 11.5. The molecule has 0 fully saturated rings. The Balaban J connectivity index is 2.81. The van der Waals surface area contributed by atoms with E-state index in [0.29, 0.717) is 23.6 Å². The first kappa shape index (κ1) is 13.9. The smallest absolute Gasteiger partial charge is 0.0416 e. The molecule has 1 aromatic carbocycles. The fourth-order valence-electron chi connectivity index (χ4n) is 1.66. The highest BCUT2D eigenvalue weighted by Gasteiger charge is 2.10. The van der Waals surface area contributed by atoms with Gasteiger partial charge in [-0.25, -0.2) is 0 Å². The van der Waals surface area contributed by atoms with Crippen LogP contribution in [0.15, 0.2) is 24.3 Å². The van der Waals surface area contributed by atoms with Crippen LogP contribution in [0.4, 0.5) is 0 Å². The molecule has 4 N–H and O–H groups in total. The van der Waals surface area contributed by atoms with E-state index in [4.69, 9.17) is 11.5 Å². The standard InChI is InChI=1S/C12H20N2S2/c1-15-11(7-13)9-3-5-10(6-4-9)12(8-14)16-2/h3-6,11-12H,7-8,13-14H2,1-2H3. The maximum atomic E-state index is 5.72. The summed E-state index contributed by atoms with van der Waals surface area (Å²) in [5.74, 6) is 0. The summed E-state index contributed by atoms with van der Waals surface area (Å²) in [4.78, 5) is 0. The molecule has 2 nitrogen and oxygen atoms in total. The molecule has 0 aliphatic carbocycles. The summed E-state index contributed by atoms with van der Waals surface area (Å²) in [6, 6.07) is 8.68. The van der Waals surface area contributed by atoms with Gasteiger partial charge in [-0.2, -0.15) is 23.5 Å². The Morgan fingerprint density at radius 3 is 1.38 bits per heavy atom. The molecule has 0 saturated heterocycles. The van der Waals surface area contributed by atoms with Gasteiger partial charge in [0.25, 0.3) is 0 Å². The average molecular weight is 256 g/mol. The van der Waals surface area contributed by atoms with Gasteiger partial charge < -0.3 is 11.5 Å². The molecule has 0 radical (unpaired) electrons. The fraction of sp³-hybridized carbons (Fsp3) is 0.500. The number of hydrogen-bond donors (Lipinski definition) is 2. The van der Waals surface area contributed by atoms with Crippen molar-refractivity contribution in [2.75, 3.05) is 25.6 Å². The Hall–Kier alpha value is -0.160. The number of benzene rings is 1. The third-order valence-corrected chi connectivity index (χ3v) is 4.74. The number of hydrogen-bond acceptors (Lipinski definition) is 4. The van der Waals surface area contributed by atoms with Crippen molar-refractivity contribution < 1.29 is 0 Å². The first-order chi connectivity index (χ1) is 7.76. The lowest BCUT2D eigenvalue weighted by molar-refractivity contribution is 0.925. The van der Waals surface area contributed by atoms with Crippen molar-refractivity contribution in [3.05, 3.63) is 35.4 Å². The van der Waals surface area contributed by atoms with E-state index in [1.807, 2.05) is 0 Å². The molecule has 0 amide bonds. The highest BCUT2D eigenvalue weighted by molar-refractivity contribution is 7.99. The van der Waals surface area contributed by atoms with E-state index >= 15 is 0 Å². The van der Waals surface area contributed by atoms with Crippen LogP contribution in [0.25, 0.3) is 0 Å². The molecule has 2 atom stereocenters. The zero-order valence-electron chi connectivity index (χ0n) is 9.85. The molecule has 4 heteroatoms. The predicted molar refractivity (Wildman–Crippen MR) is 77.1 cm³/mol. The van der Waals surface area contributed by atoms with Crippen LogP contribution in [0.1, 0.15) is 21.6 Å². The monoisotopic (exact) mass is 256 g/mol. The minimum Gasteiger partial charge on any atom is -0.329 e. The van der Waals surface area contributed by atoms with Crippen molar-refractivity contribution in [1.82, 2.24) is 0 Å². The SMILES string of the molecule is CSC(CN)c1ccc(C(CN)SC)cc1. The van der Waals surface area contributed by atoms with Crippen molar-refractivity contribution in [2.45, 2.75) is 10.5 Å². The molecule has 0 heterocycles. The summed E-state index contributed by atoms with van der Waals surface area (Å²) in [5.41, 5.74) is 14.0. The van der Waals surface area contributed by atoms with E-state index in [9.17, 15) is 0 Å². The maximum Gasteiger partial charge on any atom is 0.0416 e. The van der Waals surface area contributed by atoms with Gasteiger partial charge in [-0.05, 0) is 23.6 Å². The number of nitrogens with two attached hydrogens (primary N) is 2. The molecule has 1 rings (SSSR count). The molecule has 1 aromatic rings. The van der Waals surface area contributed by atoms with Crippen LogP contribution in [0.2, 0.25) is 0 Å². The van der Waals surface area contributed by atoms with Gasteiger partial charge in [0.2, 0.25) is 0 Å². The van der Waals surface area contributed by atoms with E-state index in [2.05, 4.69) is 36.8 Å². The summed E-state index contributed by atoms with van der Waals surface area (Å²) < 4.78 is 0. The molecule has 0 aliphatic heterocycles. The van der Waals surface area contributed by atoms with Gasteiger partial charge in [0, 0.05) is 23.6 Å². The molecule has 90 valence electrons. The molecule has 2 unspecified atom stereocenters. The van der Waals surface area contributed by atoms with Gasteiger partial charge >= 0.3 is 0 Å². The largest absolute Gasteiger partial charge is 0.329 e. The van der Waals surface area contributed by atoms with Crippen LogP contribution in [-0.4, -0.2) is 25.6 Å². The second kappa shape index (κ2) is 7.22. The lowest BCUT2D eigenvalue weighted by Crippen LogP contribution is -2.10. The van der Waals surface area contributed by atoms with Crippen LogP contribution in [0.5, 0.6) is 0 Å². The molecule has 0 saturated carbocycles. The molecule has 0 spiro atoms. The highest BCUT2D eigenvalue weighted by atomic mass is 32.2. The zero-order chi connectivity index (χ0) is 12.0. The Morgan fingerprint density at radius 1 is 0.875 bits per heavy atom. The Morgan fingerprint density at radius 2 is 1.19 bits per heavy atom. The number of thioether (sulfide) groups is 2. The van der Waals surface area contributed by atoms with Crippen molar-refractivity contribution in [3.63, 3.8) is 0 Å². The van der Waals surface area contributed by atoms with Crippen LogP contribution < -0.4 is 11.5 Å². The summed E-state index contributed by atoms with van der Waals surface area (Å²) >= 11 is 3.59. The topological polar surface area (TPSA) is 52.0 Å². The fourth-order valence-corrected chi connectivity index (χ4v) is 2.91. The lowest BCUT2D eigenvalue weighted by atomic mass is 10.1. The van der Waals surface area contributed by atoms with Crippen LogP contribution >= 0.6 is 23.5 Å². The molecule has 0 bridgehead atoms. The average Bonchev–Trinajstić information content (AvgIpc) is 2.34. The van der Waals surface area contributed by atoms with E-state index in [0.717, 1.165) is 0 Å². The van der Waals surface area contributed by atoms with Gasteiger partial charge in [-0.1, -0.05) is 24.3 Å². The van der Waals surface area contributed by atoms with Gasteiger partial charge in [-0.3, -0.25) is 0 Å². The predicted octanol–water partition coefficient (Wildman–Crippen LogP) is 2.41. The summed E-state index contributed by atoms with van der Waals surface area (Å²) in [7, 11) is 0. The third kappa shape index (κ3) is 3.42. The summed E-state index contributed by atoms with van der Waals surface area (Å²) in [5, 5.41) is 0.805.